The maximum Gasteiger partial charge on any atom is 0.321 e. The van der Waals surface area contributed by atoms with Gasteiger partial charge in [0.15, 0.2) is 0 Å². The third-order valence-corrected chi connectivity index (χ3v) is 3.89. The average molecular weight is 298 g/mol. The highest BCUT2D eigenvalue weighted by atomic mass is 16.3. The van der Waals surface area contributed by atoms with Gasteiger partial charge in [0.1, 0.15) is 12.5 Å². The van der Waals surface area contributed by atoms with Gasteiger partial charge in [-0.1, -0.05) is 60.7 Å². The van der Waals surface area contributed by atoms with E-state index in [4.69, 9.17) is 0 Å². The number of hydrogen-bond donors (Lipinski definition) is 3. The second-order valence-electron chi connectivity index (χ2n) is 5.36. The Hall–Kier alpha value is -2.37. The lowest BCUT2D eigenvalue weighted by Gasteiger charge is -2.41. The fourth-order valence-corrected chi connectivity index (χ4v) is 2.75. The summed E-state index contributed by atoms with van der Waals surface area (Å²) in [4.78, 5) is 13.4. The van der Waals surface area contributed by atoms with Gasteiger partial charge < -0.3 is 15.5 Å². The van der Waals surface area contributed by atoms with Crippen LogP contribution in [0.4, 0.5) is 4.79 Å². The Morgan fingerprint density at radius 3 is 2.18 bits per heavy atom. The minimum Gasteiger partial charge on any atom is -0.373 e. The molecule has 3 atom stereocenters. The van der Waals surface area contributed by atoms with Crippen LogP contribution < -0.4 is 5.32 Å². The van der Waals surface area contributed by atoms with Crippen molar-refractivity contribution in [2.45, 2.75) is 24.9 Å². The SMILES string of the molecule is O=C1NC(O)C(c2ccccc2)C(O)N1Cc1ccccc1. The predicted molar refractivity (Wildman–Crippen MR) is 81.7 cm³/mol. The van der Waals surface area contributed by atoms with Crippen molar-refractivity contribution in [1.82, 2.24) is 10.2 Å². The highest BCUT2D eigenvalue weighted by Gasteiger charge is 2.40. The summed E-state index contributed by atoms with van der Waals surface area (Å²) in [6.07, 6.45) is -2.21. The second-order valence-corrected chi connectivity index (χ2v) is 5.36. The molecule has 2 aromatic rings. The van der Waals surface area contributed by atoms with Gasteiger partial charge in [-0.3, -0.25) is 4.90 Å². The first kappa shape index (κ1) is 14.6. The van der Waals surface area contributed by atoms with E-state index in [9.17, 15) is 15.0 Å². The Bertz CT molecular complexity index is 633. The third-order valence-electron chi connectivity index (χ3n) is 3.89. The number of nitrogens with one attached hydrogen (secondary N) is 1. The molecule has 3 unspecified atom stereocenters. The van der Waals surface area contributed by atoms with Gasteiger partial charge in [0, 0.05) is 6.54 Å². The molecule has 114 valence electrons. The topological polar surface area (TPSA) is 72.8 Å². The van der Waals surface area contributed by atoms with Crippen LogP contribution in [-0.2, 0) is 6.54 Å². The Morgan fingerprint density at radius 2 is 1.55 bits per heavy atom. The summed E-state index contributed by atoms with van der Waals surface area (Å²) < 4.78 is 0. The molecule has 5 heteroatoms. The van der Waals surface area contributed by atoms with E-state index in [1.54, 1.807) is 0 Å². The smallest absolute Gasteiger partial charge is 0.321 e. The van der Waals surface area contributed by atoms with Crippen LogP contribution in [0.3, 0.4) is 0 Å². The number of carbonyl (C=O) groups is 1. The molecule has 0 radical (unpaired) electrons. The number of amides is 2. The molecule has 2 amide bonds. The summed E-state index contributed by atoms with van der Waals surface area (Å²) in [7, 11) is 0. The molecular weight excluding hydrogens is 280 g/mol. The molecule has 5 nitrogen and oxygen atoms in total. The quantitative estimate of drug-likeness (QED) is 0.806. The lowest BCUT2D eigenvalue weighted by atomic mass is 9.93. The van der Waals surface area contributed by atoms with Crippen LogP contribution >= 0.6 is 0 Å². The van der Waals surface area contributed by atoms with Gasteiger partial charge in [0.25, 0.3) is 0 Å². The molecular formula is C17H18N2O3. The average Bonchev–Trinajstić information content (AvgIpc) is 2.53. The van der Waals surface area contributed by atoms with E-state index in [-0.39, 0.29) is 6.54 Å². The van der Waals surface area contributed by atoms with Crippen molar-refractivity contribution in [2.24, 2.45) is 0 Å². The Kier molecular flexibility index (Phi) is 4.09. The minimum atomic E-state index is -1.11. The van der Waals surface area contributed by atoms with E-state index in [1.165, 1.54) is 4.90 Å². The highest BCUT2D eigenvalue weighted by molar-refractivity contribution is 5.76. The molecule has 3 rings (SSSR count). The number of aliphatic hydroxyl groups is 2. The maximum absolute atomic E-state index is 12.1. The van der Waals surface area contributed by atoms with E-state index in [0.29, 0.717) is 0 Å². The summed E-state index contributed by atoms with van der Waals surface area (Å²) in [6, 6.07) is 18.2. The summed E-state index contributed by atoms with van der Waals surface area (Å²) in [5.74, 6) is -0.595. The van der Waals surface area contributed by atoms with Crippen LogP contribution in [0.2, 0.25) is 0 Å². The summed E-state index contributed by atoms with van der Waals surface area (Å²) in [5, 5.41) is 23.2. The number of hydrogen-bond acceptors (Lipinski definition) is 3. The zero-order chi connectivity index (χ0) is 15.5. The monoisotopic (exact) mass is 298 g/mol. The summed E-state index contributed by atoms with van der Waals surface area (Å²) >= 11 is 0. The van der Waals surface area contributed by atoms with Gasteiger partial charge in [-0.25, -0.2) is 4.79 Å². The molecule has 1 saturated heterocycles. The van der Waals surface area contributed by atoms with Gasteiger partial charge in [-0.05, 0) is 11.1 Å². The van der Waals surface area contributed by atoms with E-state index >= 15 is 0 Å². The molecule has 1 heterocycles. The lowest BCUT2D eigenvalue weighted by molar-refractivity contribution is -0.0649. The number of nitrogens with zero attached hydrogens (tertiary/aromatic N) is 1. The van der Waals surface area contributed by atoms with Crippen LogP contribution in [0.5, 0.6) is 0 Å². The standard InChI is InChI=1S/C17H18N2O3/c20-15-14(13-9-5-2-6-10-13)16(21)19(17(22)18-15)11-12-7-3-1-4-8-12/h1-10,14-16,20-21H,11H2,(H,18,22). The third kappa shape index (κ3) is 2.81. The molecule has 2 aromatic carbocycles. The first-order valence-corrected chi connectivity index (χ1v) is 7.19. The Balaban J connectivity index is 1.86. The highest BCUT2D eigenvalue weighted by Crippen LogP contribution is 2.29. The largest absolute Gasteiger partial charge is 0.373 e. The summed E-state index contributed by atoms with van der Waals surface area (Å²) in [5.41, 5.74) is 1.69. The Morgan fingerprint density at radius 1 is 0.955 bits per heavy atom. The molecule has 0 aromatic heterocycles. The van der Waals surface area contributed by atoms with Crippen molar-refractivity contribution in [3.8, 4) is 0 Å². The fourth-order valence-electron chi connectivity index (χ4n) is 2.75. The molecule has 0 bridgehead atoms. The number of rotatable bonds is 3. The minimum absolute atomic E-state index is 0.282. The molecule has 1 aliphatic heterocycles. The van der Waals surface area contributed by atoms with Crippen molar-refractivity contribution < 1.29 is 15.0 Å². The normalized spacial score (nSPS) is 24.9. The van der Waals surface area contributed by atoms with Crippen molar-refractivity contribution in [3.05, 3.63) is 71.8 Å². The van der Waals surface area contributed by atoms with E-state index < -0.39 is 24.4 Å². The van der Waals surface area contributed by atoms with Crippen LogP contribution in [0, 0.1) is 0 Å². The fraction of sp³-hybridized carbons (Fsp3) is 0.235. The molecule has 3 N–H and O–H groups in total. The molecule has 1 fully saturated rings. The molecule has 22 heavy (non-hydrogen) atoms. The van der Waals surface area contributed by atoms with Crippen molar-refractivity contribution in [2.75, 3.05) is 0 Å². The zero-order valence-corrected chi connectivity index (χ0v) is 12.0. The van der Waals surface area contributed by atoms with E-state index in [0.717, 1.165) is 11.1 Å². The lowest BCUT2D eigenvalue weighted by Crippen LogP contribution is -2.60. The van der Waals surface area contributed by atoms with Crippen LogP contribution in [-0.4, -0.2) is 33.6 Å². The maximum atomic E-state index is 12.1. The van der Waals surface area contributed by atoms with Crippen molar-refractivity contribution in [1.29, 1.82) is 0 Å². The van der Waals surface area contributed by atoms with Gasteiger partial charge >= 0.3 is 6.03 Å². The van der Waals surface area contributed by atoms with Crippen molar-refractivity contribution in [3.63, 3.8) is 0 Å². The van der Waals surface area contributed by atoms with Crippen LogP contribution in [0.15, 0.2) is 60.7 Å². The number of aliphatic hydroxyl groups excluding tert-OH is 2. The molecule has 0 aliphatic carbocycles. The van der Waals surface area contributed by atoms with E-state index in [2.05, 4.69) is 5.32 Å². The number of benzene rings is 2. The van der Waals surface area contributed by atoms with Crippen LogP contribution in [0.25, 0.3) is 0 Å². The first-order valence-electron chi connectivity index (χ1n) is 7.19. The Labute approximate surface area is 128 Å². The van der Waals surface area contributed by atoms with Gasteiger partial charge in [0.2, 0.25) is 0 Å². The van der Waals surface area contributed by atoms with Crippen molar-refractivity contribution >= 4 is 6.03 Å². The van der Waals surface area contributed by atoms with Crippen LogP contribution in [0.1, 0.15) is 17.0 Å². The molecule has 0 saturated carbocycles. The number of carbonyl (C=O) groups excluding carboxylic acids is 1. The second kappa shape index (κ2) is 6.17. The predicted octanol–water partition coefficient (Wildman–Crippen LogP) is 1.63. The van der Waals surface area contributed by atoms with Gasteiger partial charge in [0.05, 0.1) is 5.92 Å². The number of urea groups is 1. The van der Waals surface area contributed by atoms with Gasteiger partial charge in [-0.15, -0.1) is 0 Å². The first-order chi connectivity index (χ1) is 10.7. The van der Waals surface area contributed by atoms with Gasteiger partial charge in [-0.2, -0.15) is 0 Å². The van der Waals surface area contributed by atoms with E-state index in [1.807, 2.05) is 60.7 Å². The molecule has 1 aliphatic rings. The molecule has 0 spiro atoms. The summed E-state index contributed by atoms with van der Waals surface area (Å²) in [6.45, 7) is 0.282. The zero-order valence-electron chi connectivity index (χ0n) is 12.0.